The maximum absolute atomic E-state index is 11.1. The van der Waals surface area contributed by atoms with Crippen molar-refractivity contribution >= 4 is 41.5 Å². The average Bonchev–Trinajstić information content (AvgIpc) is 2.44. The molecule has 1 aromatic rings. The highest BCUT2D eigenvalue weighted by Crippen LogP contribution is 2.11. The van der Waals surface area contributed by atoms with E-state index in [0.717, 1.165) is 30.2 Å². The van der Waals surface area contributed by atoms with Crippen LogP contribution in [0.5, 0.6) is 0 Å². The third-order valence-corrected chi connectivity index (χ3v) is 3.01. The van der Waals surface area contributed by atoms with Gasteiger partial charge in [0.2, 0.25) is 5.91 Å². The van der Waals surface area contributed by atoms with Gasteiger partial charge in [-0.05, 0) is 38.0 Å². The SMILES string of the molecule is CCNC(=NCc1cccc(NC(C)=O)c1)NC(C)CC.I. The second kappa shape index (κ2) is 11.3. The summed E-state index contributed by atoms with van der Waals surface area (Å²) < 4.78 is 0. The predicted octanol–water partition coefficient (Wildman–Crippen LogP) is 3.12. The van der Waals surface area contributed by atoms with Crippen molar-refractivity contribution in [3.8, 4) is 0 Å². The minimum absolute atomic E-state index is 0. The number of hydrogen-bond donors (Lipinski definition) is 3. The summed E-state index contributed by atoms with van der Waals surface area (Å²) in [6.45, 7) is 9.21. The maximum Gasteiger partial charge on any atom is 0.221 e. The van der Waals surface area contributed by atoms with E-state index >= 15 is 0 Å². The first-order valence-electron chi connectivity index (χ1n) is 7.46. The highest BCUT2D eigenvalue weighted by molar-refractivity contribution is 14.0. The van der Waals surface area contributed by atoms with Gasteiger partial charge in [-0.25, -0.2) is 4.99 Å². The fraction of sp³-hybridized carbons (Fsp3) is 0.500. The number of aliphatic imine (C=N–C) groups is 1. The first-order chi connectivity index (χ1) is 10.0. The summed E-state index contributed by atoms with van der Waals surface area (Å²) in [5.74, 6) is 0.749. The second-order valence-corrected chi connectivity index (χ2v) is 5.03. The minimum atomic E-state index is -0.0672. The molecule has 0 radical (unpaired) electrons. The number of amides is 1. The lowest BCUT2D eigenvalue weighted by atomic mass is 10.2. The monoisotopic (exact) mass is 418 g/mol. The standard InChI is InChI=1S/C16H26N4O.HI/c1-5-12(3)19-16(17-6-2)18-11-14-8-7-9-15(10-14)20-13(4)21;/h7-10,12H,5-6,11H2,1-4H3,(H,20,21)(H2,17,18,19);1H. The van der Waals surface area contributed by atoms with E-state index in [0.29, 0.717) is 12.6 Å². The van der Waals surface area contributed by atoms with Crippen LogP contribution in [-0.4, -0.2) is 24.5 Å². The van der Waals surface area contributed by atoms with Gasteiger partial charge in [0.1, 0.15) is 0 Å². The molecule has 0 saturated heterocycles. The molecule has 1 unspecified atom stereocenters. The zero-order valence-corrected chi connectivity index (χ0v) is 16.1. The molecule has 0 aliphatic heterocycles. The number of carbonyl (C=O) groups is 1. The van der Waals surface area contributed by atoms with Gasteiger partial charge in [-0.3, -0.25) is 4.79 Å². The first kappa shape index (κ1) is 20.7. The zero-order valence-electron chi connectivity index (χ0n) is 13.8. The maximum atomic E-state index is 11.1. The predicted molar refractivity (Wildman–Crippen MR) is 104 cm³/mol. The van der Waals surface area contributed by atoms with E-state index in [9.17, 15) is 4.79 Å². The molecular weight excluding hydrogens is 391 g/mol. The lowest BCUT2D eigenvalue weighted by molar-refractivity contribution is -0.114. The average molecular weight is 418 g/mol. The van der Waals surface area contributed by atoms with Crippen LogP contribution in [0.2, 0.25) is 0 Å². The van der Waals surface area contributed by atoms with Crippen LogP contribution >= 0.6 is 24.0 Å². The highest BCUT2D eigenvalue weighted by atomic mass is 127. The first-order valence-corrected chi connectivity index (χ1v) is 7.46. The van der Waals surface area contributed by atoms with Crippen molar-refractivity contribution in [2.24, 2.45) is 4.99 Å². The minimum Gasteiger partial charge on any atom is -0.357 e. The molecule has 3 N–H and O–H groups in total. The fourth-order valence-electron chi connectivity index (χ4n) is 1.78. The number of hydrogen-bond acceptors (Lipinski definition) is 2. The van der Waals surface area contributed by atoms with Crippen molar-refractivity contribution in [1.82, 2.24) is 10.6 Å². The van der Waals surface area contributed by atoms with Gasteiger partial charge in [0.05, 0.1) is 6.54 Å². The Morgan fingerprint density at radius 3 is 2.64 bits per heavy atom. The Morgan fingerprint density at radius 1 is 1.32 bits per heavy atom. The molecule has 0 fully saturated rings. The molecular formula is C16H27IN4O. The van der Waals surface area contributed by atoms with Gasteiger partial charge < -0.3 is 16.0 Å². The highest BCUT2D eigenvalue weighted by Gasteiger charge is 2.03. The molecule has 0 aliphatic rings. The van der Waals surface area contributed by atoms with Crippen molar-refractivity contribution < 1.29 is 4.79 Å². The van der Waals surface area contributed by atoms with Gasteiger partial charge >= 0.3 is 0 Å². The Morgan fingerprint density at radius 2 is 2.05 bits per heavy atom. The van der Waals surface area contributed by atoms with E-state index in [4.69, 9.17) is 0 Å². The molecule has 22 heavy (non-hydrogen) atoms. The molecule has 0 spiro atoms. The topological polar surface area (TPSA) is 65.5 Å². The molecule has 1 rings (SSSR count). The van der Waals surface area contributed by atoms with Crippen LogP contribution in [0.4, 0.5) is 5.69 Å². The Bertz CT molecular complexity index is 491. The molecule has 0 saturated carbocycles. The van der Waals surface area contributed by atoms with Crippen molar-refractivity contribution in [2.75, 3.05) is 11.9 Å². The largest absolute Gasteiger partial charge is 0.357 e. The number of halogens is 1. The Kier molecular flexibility index (Phi) is 10.6. The van der Waals surface area contributed by atoms with Crippen molar-refractivity contribution in [3.63, 3.8) is 0 Å². The number of rotatable bonds is 6. The van der Waals surface area contributed by atoms with Crippen molar-refractivity contribution in [1.29, 1.82) is 0 Å². The smallest absolute Gasteiger partial charge is 0.221 e. The summed E-state index contributed by atoms with van der Waals surface area (Å²) in [6, 6.07) is 8.12. The third kappa shape index (κ3) is 8.21. The summed E-state index contributed by atoms with van der Waals surface area (Å²) in [7, 11) is 0. The van der Waals surface area contributed by atoms with E-state index in [1.807, 2.05) is 31.2 Å². The lowest BCUT2D eigenvalue weighted by Crippen LogP contribution is -2.41. The molecule has 0 bridgehead atoms. The van der Waals surface area contributed by atoms with E-state index < -0.39 is 0 Å². The Hall–Kier alpha value is -1.31. The van der Waals surface area contributed by atoms with Crippen LogP contribution in [0.15, 0.2) is 29.3 Å². The summed E-state index contributed by atoms with van der Waals surface area (Å²) in [6.07, 6.45) is 1.04. The van der Waals surface area contributed by atoms with E-state index in [1.54, 1.807) is 0 Å². The fourth-order valence-corrected chi connectivity index (χ4v) is 1.78. The van der Waals surface area contributed by atoms with E-state index in [2.05, 4.69) is 34.8 Å². The zero-order chi connectivity index (χ0) is 15.7. The quantitative estimate of drug-likeness (QED) is 0.378. The number of nitrogens with zero attached hydrogens (tertiary/aromatic N) is 1. The molecule has 1 aromatic carbocycles. The Balaban J connectivity index is 0.00000441. The van der Waals surface area contributed by atoms with Gasteiger partial charge in [-0.15, -0.1) is 24.0 Å². The molecule has 0 heterocycles. The third-order valence-electron chi connectivity index (χ3n) is 3.01. The molecule has 5 nitrogen and oxygen atoms in total. The van der Waals surface area contributed by atoms with Crippen molar-refractivity contribution in [3.05, 3.63) is 29.8 Å². The van der Waals surface area contributed by atoms with Gasteiger partial charge in [0, 0.05) is 25.2 Å². The number of guanidine groups is 1. The van der Waals surface area contributed by atoms with Gasteiger partial charge in [0.15, 0.2) is 5.96 Å². The summed E-state index contributed by atoms with van der Waals surface area (Å²) in [5.41, 5.74) is 1.86. The second-order valence-electron chi connectivity index (χ2n) is 5.03. The molecule has 1 atom stereocenters. The van der Waals surface area contributed by atoms with Gasteiger partial charge in [0.25, 0.3) is 0 Å². The number of benzene rings is 1. The number of carbonyl (C=O) groups excluding carboxylic acids is 1. The normalized spacial score (nSPS) is 12.1. The molecule has 1 amide bonds. The van der Waals surface area contributed by atoms with Crippen LogP contribution in [0.3, 0.4) is 0 Å². The van der Waals surface area contributed by atoms with Crippen molar-refractivity contribution in [2.45, 2.75) is 46.7 Å². The van der Waals surface area contributed by atoms with Crippen LogP contribution in [0, 0.1) is 0 Å². The van der Waals surface area contributed by atoms with E-state index in [1.165, 1.54) is 6.92 Å². The lowest BCUT2D eigenvalue weighted by Gasteiger charge is -2.16. The summed E-state index contributed by atoms with van der Waals surface area (Å²) in [5, 5.41) is 9.37. The van der Waals surface area contributed by atoms with E-state index in [-0.39, 0.29) is 29.9 Å². The molecule has 0 aromatic heterocycles. The van der Waals surface area contributed by atoms with Crippen LogP contribution in [-0.2, 0) is 11.3 Å². The number of anilines is 1. The van der Waals surface area contributed by atoms with Crippen LogP contribution < -0.4 is 16.0 Å². The van der Waals surface area contributed by atoms with Crippen LogP contribution in [0.1, 0.15) is 39.7 Å². The molecule has 124 valence electrons. The molecule has 0 aliphatic carbocycles. The van der Waals surface area contributed by atoms with Gasteiger partial charge in [-0.2, -0.15) is 0 Å². The Labute approximate surface area is 150 Å². The summed E-state index contributed by atoms with van der Waals surface area (Å²) in [4.78, 5) is 15.6. The number of nitrogens with one attached hydrogen (secondary N) is 3. The molecule has 6 heteroatoms. The van der Waals surface area contributed by atoms with Crippen LogP contribution in [0.25, 0.3) is 0 Å². The summed E-state index contributed by atoms with van der Waals surface area (Å²) >= 11 is 0. The van der Waals surface area contributed by atoms with Gasteiger partial charge in [-0.1, -0.05) is 19.1 Å².